The molecule has 0 amide bonds. The second-order valence-electron chi connectivity index (χ2n) is 4.64. The van der Waals surface area contributed by atoms with Gasteiger partial charge in [0.1, 0.15) is 5.01 Å². The summed E-state index contributed by atoms with van der Waals surface area (Å²) in [5.74, 6) is 0.421. The number of halogens is 6. The van der Waals surface area contributed by atoms with Gasteiger partial charge in [-0.15, -0.1) is 35.3 Å². The third-order valence-corrected chi connectivity index (χ3v) is 4.37. The van der Waals surface area contributed by atoms with Crippen molar-refractivity contribution in [1.29, 1.82) is 0 Å². The number of nitrogens with one attached hydrogen (secondary N) is 2. The minimum atomic E-state index is -4.43. The Bertz CT molecular complexity index is 737. The van der Waals surface area contributed by atoms with Crippen molar-refractivity contribution >= 4 is 64.5 Å². The highest BCUT2D eigenvalue weighted by Crippen LogP contribution is 2.29. The SMILES string of the molecule is CN=C(NCc1nc(C(F)(F)F)cs1)NCc1ccc(Cl)cc1Cl.I. The summed E-state index contributed by atoms with van der Waals surface area (Å²) < 4.78 is 37.5. The molecule has 2 rings (SSSR count). The Balaban J connectivity index is 0.00000312. The van der Waals surface area contributed by atoms with E-state index >= 15 is 0 Å². The molecule has 0 bridgehead atoms. The van der Waals surface area contributed by atoms with E-state index in [9.17, 15) is 13.2 Å². The lowest BCUT2D eigenvalue weighted by atomic mass is 10.2. The number of thiazole rings is 1. The predicted molar refractivity (Wildman–Crippen MR) is 106 cm³/mol. The summed E-state index contributed by atoms with van der Waals surface area (Å²) in [6.45, 7) is 0.524. The van der Waals surface area contributed by atoms with Crippen LogP contribution in [0.3, 0.4) is 0 Å². The average molecular weight is 525 g/mol. The largest absolute Gasteiger partial charge is 0.434 e. The molecule has 0 aliphatic carbocycles. The number of benzene rings is 1. The maximum atomic E-state index is 12.5. The topological polar surface area (TPSA) is 49.3 Å². The van der Waals surface area contributed by atoms with E-state index in [4.69, 9.17) is 23.2 Å². The smallest absolute Gasteiger partial charge is 0.352 e. The molecule has 25 heavy (non-hydrogen) atoms. The van der Waals surface area contributed by atoms with Crippen molar-refractivity contribution in [3.05, 3.63) is 49.9 Å². The zero-order valence-electron chi connectivity index (χ0n) is 12.8. The van der Waals surface area contributed by atoms with Gasteiger partial charge in [-0.25, -0.2) is 4.98 Å². The summed E-state index contributed by atoms with van der Waals surface area (Å²) in [7, 11) is 1.56. The highest BCUT2D eigenvalue weighted by atomic mass is 127. The number of hydrogen-bond acceptors (Lipinski definition) is 3. The number of alkyl halides is 3. The minimum Gasteiger partial charge on any atom is -0.352 e. The molecule has 0 radical (unpaired) electrons. The summed E-state index contributed by atoms with van der Waals surface area (Å²) in [5.41, 5.74) is -0.0715. The van der Waals surface area contributed by atoms with Gasteiger partial charge in [-0.3, -0.25) is 4.99 Å². The van der Waals surface area contributed by atoms with Crippen molar-refractivity contribution in [2.24, 2.45) is 4.99 Å². The number of nitrogens with zero attached hydrogens (tertiary/aromatic N) is 2. The van der Waals surface area contributed by atoms with E-state index in [-0.39, 0.29) is 30.5 Å². The molecule has 0 aliphatic heterocycles. The fraction of sp³-hybridized carbons (Fsp3) is 0.286. The Kier molecular flexibility index (Phi) is 8.72. The van der Waals surface area contributed by atoms with Gasteiger partial charge in [0.05, 0.1) is 6.54 Å². The van der Waals surface area contributed by atoms with Crippen molar-refractivity contribution < 1.29 is 13.2 Å². The first kappa shape index (κ1) is 22.3. The first-order chi connectivity index (χ1) is 11.3. The molecule has 0 spiro atoms. The number of aromatic nitrogens is 1. The predicted octanol–water partition coefficient (Wildman–Crippen LogP) is 4.95. The van der Waals surface area contributed by atoms with Crippen LogP contribution in [0.2, 0.25) is 10.0 Å². The van der Waals surface area contributed by atoms with Crippen molar-refractivity contribution in [3.8, 4) is 0 Å². The van der Waals surface area contributed by atoms with Crippen LogP contribution in [-0.4, -0.2) is 18.0 Å². The quantitative estimate of drug-likeness (QED) is 0.338. The molecular weight excluding hydrogens is 511 g/mol. The number of aliphatic imine (C=N–C) groups is 1. The van der Waals surface area contributed by atoms with E-state index in [0.29, 0.717) is 27.6 Å². The third kappa shape index (κ3) is 6.80. The standard InChI is InChI=1S/C14H13Cl2F3N4S.HI/c1-20-13(21-5-8-2-3-9(15)4-10(8)16)22-6-12-23-11(7-24-12)14(17,18)19;/h2-4,7H,5-6H2,1H3,(H2,20,21,22);1H. The van der Waals surface area contributed by atoms with Crippen LogP contribution >= 0.6 is 58.5 Å². The van der Waals surface area contributed by atoms with Gasteiger partial charge < -0.3 is 10.6 Å². The van der Waals surface area contributed by atoms with Crippen LogP contribution in [0.25, 0.3) is 0 Å². The van der Waals surface area contributed by atoms with E-state index in [1.807, 2.05) is 0 Å². The van der Waals surface area contributed by atoms with E-state index in [2.05, 4.69) is 20.6 Å². The Morgan fingerprint density at radius 1 is 1.24 bits per heavy atom. The molecule has 0 atom stereocenters. The zero-order valence-corrected chi connectivity index (χ0v) is 17.5. The molecule has 0 saturated carbocycles. The van der Waals surface area contributed by atoms with Crippen LogP contribution in [0.5, 0.6) is 0 Å². The molecule has 0 aliphatic rings. The van der Waals surface area contributed by atoms with Crippen LogP contribution in [0, 0.1) is 0 Å². The molecule has 1 aromatic carbocycles. The second-order valence-corrected chi connectivity index (χ2v) is 6.43. The lowest BCUT2D eigenvalue weighted by Crippen LogP contribution is -2.36. The first-order valence-corrected chi connectivity index (χ1v) is 8.33. The Labute approximate surface area is 173 Å². The lowest BCUT2D eigenvalue weighted by Gasteiger charge is -2.12. The number of hydrogen-bond donors (Lipinski definition) is 2. The van der Waals surface area contributed by atoms with Gasteiger partial charge in [0.15, 0.2) is 11.7 Å². The average Bonchev–Trinajstić information content (AvgIpc) is 2.98. The van der Waals surface area contributed by atoms with E-state index in [1.165, 1.54) is 0 Å². The third-order valence-electron chi connectivity index (χ3n) is 2.93. The molecule has 11 heteroatoms. The van der Waals surface area contributed by atoms with Gasteiger partial charge in [0, 0.05) is 29.0 Å². The molecule has 4 nitrogen and oxygen atoms in total. The summed E-state index contributed by atoms with van der Waals surface area (Å²) >= 11 is 12.8. The fourth-order valence-electron chi connectivity index (χ4n) is 1.75. The highest BCUT2D eigenvalue weighted by molar-refractivity contribution is 14.0. The van der Waals surface area contributed by atoms with Crippen LogP contribution in [-0.2, 0) is 19.3 Å². The Hall–Kier alpha value is -0.780. The molecular formula is C14H14Cl2F3IN4S. The fourth-order valence-corrected chi connectivity index (χ4v) is 2.96. The van der Waals surface area contributed by atoms with Gasteiger partial charge >= 0.3 is 6.18 Å². The van der Waals surface area contributed by atoms with Gasteiger partial charge in [0.2, 0.25) is 0 Å². The molecule has 0 fully saturated rings. The van der Waals surface area contributed by atoms with Crippen molar-refractivity contribution in [1.82, 2.24) is 15.6 Å². The lowest BCUT2D eigenvalue weighted by molar-refractivity contribution is -0.140. The highest BCUT2D eigenvalue weighted by Gasteiger charge is 2.33. The van der Waals surface area contributed by atoms with Crippen LogP contribution in [0.4, 0.5) is 13.2 Å². The van der Waals surface area contributed by atoms with Gasteiger partial charge in [0.25, 0.3) is 0 Å². The molecule has 2 aromatic rings. The van der Waals surface area contributed by atoms with E-state index < -0.39 is 11.9 Å². The number of rotatable bonds is 4. The molecule has 1 heterocycles. The van der Waals surface area contributed by atoms with E-state index in [1.54, 1.807) is 25.2 Å². The molecule has 2 N–H and O–H groups in total. The van der Waals surface area contributed by atoms with Gasteiger partial charge in [-0.2, -0.15) is 13.2 Å². The Morgan fingerprint density at radius 2 is 1.92 bits per heavy atom. The van der Waals surface area contributed by atoms with Gasteiger partial charge in [-0.05, 0) is 17.7 Å². The first-order valence-electron chi connectivity index (χ1n) is 6.69. The maximum absolute atomic E-state index is 12.5. The van der Waals surface area contributed by atoms with Crippen molar-refractivity contribution in [2.45, 2.75) is 19.3 Å². The summed E-state index contributed by atoms with van der Waals surface area (Å²) in [6.07, 6.45) is -4.43. The van der Waals surface area contributed by atoms with E-state index in [0.717, 1.165) is 22.3 Å². The molecule has 138 valence electrons. The van der Waals surface area contributed by atoms with Crippen molar-refractivity contribution in [2.75, 3.05) is 7.05 Å². The maximum Gasteiger partial charge on any atom is 0.434 e. The zero-order chi connectivity index (χ0) is 17.7. The van der Waals surface area contributed by atoms with Crippen LogP contribution in [0.15, 0.2) is 28.6 Å². The summed E-state index contributed by atoms with van der Waals surface area (Å²) in [5, 5.41) is 8.27. The monoisotopic (exact) mass is 524 g/mol. The molecule has 0 saturated heterocycles. The second kappa shape index (κ2) is 9.79. The molecule has 0 unspecified atom stereocenters. The molecule has 1 aromatic heterocycles. The van der Waals surface area contributed by atoms with Crippen LogP contribution in [0.1, 0.15) is 16.3 Å². The Morgan fingerprint density at radius 3 is 2.48 bits per heavy atom. The minimum absolute atomic E-state index is 0. The van der Waals surface area contributed by atoms with Gasteiger partial charge in [-0.1, -0.05) is 29.3 Å². The summed E-state index contributed by atoms with van der Waals surface area (Å²) in [4.78, 5) is 7.54. The summed E-state index contributed by atoms with van der Waals surface area (Å²) in [6, 6.07) is 5.13. The number of guanidine groups is 1. The van der Waals surface area contributed by atoms with Crippen molar-refractivity contribution in [3.63, 3.8) is 0 Å². The normalized spacial score (nSPS) is 11.8. The van der Waals surface area contributed by atoms with Crippen LogP contribution < -0.4 is 10.6 Å².